The number of halogens is 2. The van der Waals surface area contributed by atoms with Crippen LogP contribution in [-0.4, -0.2) is 26.2 Å². The molecule has 192 valence electrons. The molecule has 6 nitrogen and oxygen atoms in total. The Hall–Kier alpha value is -5.60. The fraction of sp³-hybridized carbons (Fsp3) is 0.0625. The molecule has 0 spiro atoms. The maximum atomic E-state index is 14.4. The van der Waals surface area contributed by atoms with Gasteiger partial charge >= 0.3 is 11.9 Å². The summed E-state index contributed by atoms with van der Waals surface area (Å²) in [6.07, 6.45) is 0. The molecule has 0 saturated heterocycles. The van der Waals surface area contributed by atoms with Gasteiger partial charge in [-0.25, -0.2) is 18.4 Å². The van der Waals surface area contributed by atoms with Crippen LogP contribution in [0.1, 0.15) is 22.3 Å². The largest absolute Gasteiger partial charge is 0.465 e. The lowest BCUT2D eigenvalue weighted by Crippen LogP contribution is -2.06. The third-order valence-corrected chi connectivity index (χ3v) is 7.28. The zero-order chi connectivity index (χ0) is 28.3. The van der Waals surface area contributed by atoms with E-state index in [1.54, 1.807) is 24.3 Å². The van der Waals surface area contributed by atoms with Crippen LogP contribution in [0, 0.1) is 34.3 Å². The minimum absolute atomic E-state index is 0.241. The molecule has 0 atom stereocenters. The van der Waals surface area contributed by atoms with Crippen molar-refractivity contribution in [1.29, 1.82) is 10.5 Å². The summed E-state index contributed by atoms with van der Waals surface area (Å²) < 4.78 is 38.6. The quantitative estimate of drug-likeness (QED) is 0.153. The van der Waals surface area contributed by atoms with Gasteiger partial charge in [-0.2, -0.15) is 10.5 Å². The monoisotopic (exact) mass is 530 g/mol. The van der Waals surface area contributed by atoms with Crippen LogP contribution in [0.4, 0.5) is 8.78 Å². The molecular formula is C32H16F2N2O4. The van der Waals surface area contributed by atoms with Gasteiger partial charge in [0.05, 0.1) is 14.2 Å². The van der Waals surface area contributed by atoms with Crippen molar-refractivity contribution < 1.29 is 27.8 Å². The van der Waals surface area contributed by atoms with Gasteiger partial charge in [0.2, 0.25) is 0 Å². The number of rotatable bonds is 2. The zero-order valence-corrected chi connectivity index (χ0v) is 21.1. The molecule has 0 heterocycles. The number of hydrogen-bond donors (Lipinski definition) is 0. The summed E-state index contributed by atoms with van der Waals surface area (Å²) in [5.74, 6) is -2.79. The number of carbonyl (C=O) groups is 2. The number of ether oxygens (including phenoxy) is 2. The Bertz CT molecular complexity index is 2010. The molecule has 0 saturated carbocycles. The summed E-state index contributed by atoms with van der Waals surface area (Å²) in [7, 11) is 2.32. The first-order valence-electron chi connectivity index (χ1n) is 12.0. The highest BCUT2D eigenvalue weighted by Gasteiger charge is 2.35. The van der Waals surface area contributed by atoms with E-state index < -0.39 is 23.6 Å². The van der Waals surface area contributed by atoms with E-state index >= 15 is 0 Å². The van der Waals surface area contributed by atoms with E-state index in [0.29, 0.717) is 55.3 Å². The van der Waals surface area contributed by atoms with Crippen LogP contribution < -0.4 is 0 Å². The van der Waals surface area contributed by atoms with Gasteiger partial charge in [0, 0.05) is 11.1 Å². The number of benzene rings is 4. The molecule has 40 heavy (non-hydrogen) atoms. The summed E-state index contributed by atoms with van der Waals surface area (Å²) in [6, 6.07) is 19.2. The van der Waals surface area contributed by atoms with Crippen LogP contribution >= 0.6 is 0 Å². The first-order valence-corrected chi connectivity index (χ1v) is 12.0. The van der Waals surface area contributed by atoms with Crippen molar-refractivity contribution in [3.8, 4) is 34.4 Å². The first-order chi connectivity index (χ1) is 19.3. The minimum atomic E-state index is -0.860. The van der Waals surface area contributed by atoms with Crippen molar-refractivity contribution in [2.75, 3.05) is 14.2 Å². The Balaban J connectivity index is 1.77. The van der Waals surface area contributed by atoms with Crippen LogP contribution in [0.3, 0.4) is 0 Å². The Labute approximate surface area is 226 Å². The third kappa shape index (κ3) is 3.30. The van der Waals surface area contributed by atoms with Crippen LogP contribution in [0.15, 0.2) is 71.8 Å². The molecule has 2 aliphatic rings. The Morgan fingerprint density at radius 3 is 1.65 bits per heavy atom. The molecule has 0 amide bonds. The summed E-state index contributed by atoms with van der Waals surface area (Å²) >= 11 is 0. The molecular weight excluding hydrogens is 514 g/mol. The first kappa shape index (κ1) is 24.7. The van der Waals surface area contributed by atoms with Crippen molar-refractivity contribution in [2.24, 2.45) is 0 Å². The summed E-state index contributed by atoms with van der Waals surface area (Å²) in [5.41, 5.74) is 4.31. The Kier molecular flexibility index (Phi) is 5.57. The Morgan fingerprint density at radius 1 is 0.600 bits per heavy atom. The van der Waals surface area contributed by atoms with Crippen LogP contribution in [0.5, 0.6) is 0 Å². The fourth-order valence-electron chi connectivity index (χ4n) is 5.72. The fourth-order valence-corrected chi connectivity index (χ4v) is 5.72. The second kappa shape index (κ2) is 9.00. The smallest absolute Gasteiger partial charge is 0.349 e. The maximum absolute atomic E-state index is 14.4. The van der Waals surface area contributed by atoms with Gasteiger partial charge in [-0.05, 0) is 79.5 Å². The van der Waals surface area contributed by atoms with Crippen molar-refractivity contribution in [3.63, 3.8) is 0 Å². The number of carbonyl (C=O) groups excluding carboxylic acids is 2. The van der Waals surface area contributed by atoms with Crippen LogP contribution in [0.2, 0.25) is 0 Å². The number of hydrogen-bond acceptors (Lipinski definition) is 6. The van der Waals surface area contributed by atoms with Crippen molar-refractivity contribution >= 4 is 33.9 Å². The highest BCUT2D eigenvalue weighted by atomic mass is 19.1. The molecule has 0 fully saturated rings. The third-order valence-electron chi connectivity index (χ3n) is 7.28. The highest BCUT2D eigenvalue weighted by Crippen LogP contribution is 2.54. The predicted molar refractivity (Wildman–Crippen MR) is 142 cm³/mol. The maximum Gasteiger partial charge on any atom is 0.349 e. The normalized spacial score (nSPS) is 14.8. The summed E-state index contributed by atoms with van der Waals surface area (Å²) in [4.78, 5) is 25.2. The van der Waals surface area contributed by atoms with Gasteiger partial charge in [0.1, 0.15) is 34.9 Å². The molecule has 0 radical (unpaired) electrons. The van der Waals surface area contributed by atoms with E-state index in [4.69, 9.17) is 9.47 Å². The predicted octanol–water partition coefficient (Wildman–Crippen LogP) is 6.08. The van der Waals surface area contributed by atoms with E-state index in [9.17, 15) is 28.9 Å². The van der Waals surface area contributed by atoms with Crippen LogP contribution in [0.25, 0.3) is 44.2 Å². The topological polar surface area (TPSA) is 100 Å². The molecule has 0 unspecified atom stereocenters. The Morgan fingerprint density at radius 2 is 1.07 bits per heavy atom. The molecule has 0 bridgehead atoms. The van der Waals surface area contributed by atoms with E-state index in [1.165, 1.54) is 24.3 Å². The van der Waals surface area contributed by atoms with Crippen LogP contribution in [-0.2, 0) is 19.1 Å². The van der Waals surface area contributed by atoms with E-state index in [1.807, 2.05) is 24.3 Å². The number of nitrogens with zero attached hydrogens (tertiary/aromatic N) is 2. The molecule has 0 aromatic heterocycles. The lowest BCUT2D eigenvalue weighted by atomic mass is 9.89. The average Bonchev–Trinajstić information content (AvgIpc) is 3.46. The number of methoxy groups -OCH3 is 2. The standard InChI is InChI=1S/C32H16F2N2O4/c1-39-31(37)25(13-35)28-22-10-9-20-19(27(22)21-6-4-16(34)12-24(21)28)8-7-18-17-5-3-15(33)11-23(17)30(29(18)20)26(14-36)32(38)40-2/h3-12H,1-2H3/b28-25-,30-26+. The molecule has 0 aliphatic heterocycles. The van der Waals surface area contributed by atoms with E-state index in [-0.39, 0.29) is 22.3 Å². The number of nitriles is 2. The highest BCUT2D eigenvalue weighted by molar-refractivity contribution is 6.22. The van der Waals surface area contributed by atoms with E-state index in [2.05, 4.69) is 0 Å². The molecule has 2 aliphatic carbocycles. The van der Waals surface area contributed by atoms with Gasteiger partial charge in [0.25, 0.3) is 0 Å². The SMILES string of the molecule is COC(=O)/C(C#N)=C1\c2cc(F)ccc2-c2c1ccc1c3c(ccc21)-c1ccc(F)cc1/C3=C(/C#N)C(=O)OC. The molecule has 0 N–H and O–H groups in total. The van der Waals surface area contributed by atoms with Gasteiger partial charge in [0.15, 0.2) is 0 Å². The van der Waals surface area contributed by atoms with Crippen molar-refractivity contribution in [2.45, 2.75) is 0 Å². The molecule has 4 aromatic rings. The lowest BCUT2D eigenvalue weighted by molar-refractivity contribution is -0.136. The summed E-state index contributed by atoms with van der Waals surface area (Å²) in [5, 5.41) is 21.1. The number of esters is 2. The minimum Gasteiger partial charge on any atom is -0.465 e. The van der Waals surface area contributed by atoms with Crippen molar-refractivity contribution in [3.05, 3.63) is 106 Å². The molecule has 6 rings (SSSR count). The molecule has 8 heteroatoms. The molecule has 4 aromatic carbocycles. The summed E-state index contributed by atoms with van der Waals surface area (Å²) in [6.45, 7) is 0. The van der Waals surface area contributed by atoms with Crippen molar-refractivity contribution in [1.82, 2.24) is 0 Å². The average molecular weight is 530 g/mol. The number of fused-ring (bicyclic) bond motifs is 9. The van der Waals surface area contributed by atoms with Gasteiger partial charge < -0.3 is 9.47 Å². The van der Waals surface area contributed by atoms with Gasteiger partial charge in [-0.15, -0.1) is 0 Å². The van der Waals surface area contributed by atoms with Gasteiger partial charge in [-0.3, -0.25) is 0 Å². The van der Waals surface area contributed by atoms with Gasteiger partial charge in [-0.1, -0.05) is 36.4 Å². The van der Waals surface area contributed by atoms with E-state index in [0.717, 1.165) is 14.2 Å². The lowest BCUT2D eigenvalue weighted by Gasteiger charge is -2.13. The zero-order valence-electron chi connectivity index (χ0n) is 21.1. The second-order valence-electron chi connectivity index (χ2n) is 9.16. The second-order valence-corrected chi connectivity index (χ2v) is 9.16.